The van der Waals surface area contributed by atoms with Gasteiger partial charge in [0.15, 0.2) is 5.78 Å². The van der Waals surface area contributed by atoms with Gasteiger partial charge in [-0.25, -0.2) is 4.39 Å². The van der Waals surface area contributed by atoms with E-state index >= 15 is 0 Å². The number of aryl methyl sites for hydroxylation is 2. The third-order valence-corrected chi connectivity index (χ3v) is 3.45. The van der Waals surface area contributed by atoms with Gasteiger partial charge < -0.3 is 4.90 Å². The fraction of sp³-hybridized carbons (Fsp3) is 0.467. The van der Waals surface area contributed by atoms with Crippen molar-refractivity contribution in [3.05, 3.63) is 35.1 Å². The number of likely N-dealkylation sites (tertiary alicyclic amines) is 1. The maximum absolute atomic E-state index is 13.1. The van der Waals surface area contributed by atoms with Gasteiger partial charge in [0.1, 0.15) is 5.82 Å². The van der Waals surface area contributed by atoms with Crippen molar-refractivity contribution in [2.75, 3.05) is 13.1 Å². The van der Waals surface area contributed by atoms with E-state index in [1.807, 2.05) is 0 Å². The molecule has 0 N–H and O–H groups in total. The minimum Gasteiger partial charge on any atom is -0.335 e. The van der Waals surface area contributed by atoms with Gasteiger partial charge in [0.05, 0.1) is 6.54 Å². The zero-order chi connectivity index (χ0) is 13.8. The third kappa shape index (κ3) is 3.63. The Labute approximate surface area is 112 Å². The quantitative estimate of drug-likeness (QED) is 0.839. The number of benzene rings is 1. The van der Waals surface area contributed by atoms with E-state index in [2.05, 4.69) is 0 Å². The molecule has 19 heavy (non-hydrogen) atoms. The number of piperidine rings is 1. The molecule has 0 spiro atoms. The number of rotatable bonds is 3. The van der Waals surface area contributed by atoms with Crippen molar-refractivity contribution >= 4 is 11.7 Å². The fourth-order valence-electron chi connectivity index (χ4n) is 2.32. The minimum atomic E-state index is -0.225. The highest BCUT2D eigenvalue weighted by molar-refractivity contribution is 5.87. The van der Waals surface area contributed by atoms with E-state index in [-0.39, 0.29) is 24.1 Å². The zero-order valence-electron chi connectivity index (χ0n) is 11.1. The molecule has 0 atom stereocenters. The molecule has 102 valence electrons. The van der Waals surface area contributed by atoms with Crippen molar-refractivity contribution < 1.29 is 14.0 Å². The molecule has 1 saturated heterocycles. The molecule has 1 aliphatic heterocycles. The molecule has 1 amide bonds. The van der Waals surface area contributed by atoms with Crippen LogP contribution in [0.5, 0.6) is 0 Å². The highest BCUT2D eigenvalue weighted by Gasteiger charge is 2.20. The lowest BCUT2D eigenvalue weighted by molar-refractivity contribution is -0.137. The Bertz CT molecular complexity index is 499. The van der Waals surface area contributed by atoms with Gasteiger partial charge >= 0.3 is 0 Å². The molecular weight excluding hydrogens is 245 g/mol. The molecule has 0 bridgehead atoms. The number of halogens is 1. The van der Waals surface area contributed by atoms with Crippen molar-refractivity contribution in [1.82, 2.24) is 4.90 Å². The molecule has 0 radical (unpaired) electrons. The number of amides is 1. The van der Waals surface area contributed by atoms with Gasteiger partial charge in [-0.15, -0.1) is 0 Å². The summed E-state index contributed by atoms with van der Waals surface area (Å²) in [5, 5.41) is 0. The van der Waals surface area contributed by atoms with Gasteiger partial charge in [0, 0.05) is 19.4 Å². The number of nitrogens with zero attached hydrogens (tertiary/aromatic N) is 1. The van der Waals surface area contributed by atoms with Crippen LogP contribution in [-0.2, 0) is 16.0 Å². The molecule has 1 heterocycles. The lowest BCUT2D eigenvalue weighted by atomic mass is 10.0. The van der Waals surface area contributed by atoms with Crippen LogP contribution in [0.15, 0.2) is 18.2 Å². The van der Waals surface area contributed by atoms with Crippen LogP contribution in [-0.4, -0.2) is 29.7 Å². The van der Waals surface area contributed by atoms with Gasteiger partial charge in [-0.1, -0.05) is 12.1 Å². The molecule has 1 aromatic carbocycles. The smallest absolute Gasteiger partial charge is 0.223 e. The lowest BCUT2D eigenvalue weighted by Crippen LogP contribution is -2.40. The molecule has 1 aromatic rings. The van der Waals surface area contributed by atoms with Gasteiger partial charge in [0.2, 0.25) is 5.91 Å². The molecule has 2 rings (SSSR count). The van der Waals surface area contributed by atoms with Gasteiger partial charge in [-0.3, -0.25) is 9.59 Å². The SMILES string of the molecule is Cc1cc(CCC(=O)N2CCCC(=O)C2)ccc1F. The number of Topliss-reactive ketones (excluding diaryl/α,β-unsaturated/α-hetero) is 1. The van der Waals surface area contributed by atoms with Crippen LogP contribution < -0.4 is 0 Å². The van der Waals surface area contributed by atoms with Gasteiger partial charge in [-0.05, 0) is 37.0 Å². The molecule has 0 aliphatic carbocycles. The van der Waals surface area contributed by atoms with E-state index in [0.717, 1.165) is 12.0 Å². The first-order chi connectivity index (χ1) is 9.06. The maximum Gasteiger partial charge on any atom is 0.223 e. The average molecular weight is 263 g/mol. The highest BCUT2D eigenvalue weighted by atomic mass is 19.1. The highest BCUT2D eigenvalue weighted by Crippen LogP contribution is 2.13. The van der Waals surface area contributed by atoms with E-state index in [4.69, 9.17) is 0 Å². The van der Waals surface area contributed by atoms with Gasteiger partial charge in [-0.2, -0.15) is 0 Å². The van der Waals surface area contributed by atoms with Crippen molar-refractivity contribution in [3.8, 4) is 0 Å². The molecule has 3 nitrogen and oxygen atoms in total. The summed E-state index contributed by atoms with van der Waals surface area (Å²) in [5.74, 6) is -0.0797. The second-order valence-electron chi connectivity index (χ2n) is 5.04. The van der Waals surface area contributed by atoms with Crippen LogP contribution in [0.3, 0.4) is 0 Å². The predicted molar refractivity (Wildman–Crippen MR) is 70.3 cm³/mol. The van der Waals surface area contributed by atoms with Crippen LogP contribution >= 0.6 is 0 Å². The Balaban J connectivity index is 1.89. The van der Waals surface area contributed by atoms with Crippen LogP contribution in [0.4, 0.5) is 4.39 Å². The van der Waals surface area contributed by atoms with E-state index in [9.17, 15) is 14.0 Å². The number of hydrogen-bond donors (Lipinski definition) is 0. The summed E-state index contributed by atoms with van der Waals surface area (Å²) in [5.41, 5.74) is 1.55. The van der Waals surface area contributed by atoms with Crippen molar-refractivity contribution in [2.24, 2.45) is 0 Å². The molecular formula is C15H18FNO2. The van der Waals surface area contributed by atoms with E-state index < -0.39 is 0 Å². The molecule has 1 aliphatic rings. The molecule has 1 fully saturated rings. The topological polar surface area (TPSA) is 37.4 Å². The Morgan fingerprint density at radius 2 is 2.21 bits per heavy atom. The second kappa shape index (κ2) is 5.95. The summed E-state index contributed by atoms with van der Waals surface area (Å²) in [6.45, 7) is 2.64. The van der Waals surface area contributed by atoms with Crippen molar-refractivity contribution in [2.45, 2.75) is 32.6 Å². The molecule has 0 aromatic heterocycles. The molecule has 0 saturated carbocycles. The summed E-state index contributed by atoms with van der Waals surface area (Å²) in [4.78, 5) is 24.9. The summed E-state index contributed by atoms with van der Waals surface area (Å²) in [7, 11) is 0. The average Bonchev–Trinajstić information content (AvgIpc) is 2.40. The summed E-state index contributed by atoms with van der Waals surface area (Å²) >= 11 is 0. The lowest BCUT2D eigenvalue weighted by Gasteiger charge is -2.25. The number of carbonyl (C=O) groups is 2. The van der Waals surface area contributed by atoms with E-state index in [1.165, 1.54) is 6.07 Å². The van der Waals surface area contributed by atoms with E-state index in [0.29, 0.717) is 31.4 Å². The summed E-state index contributed by atoms with van der Waals surface area (Å²) in [6.07, 6.45) is 2.31. The van der Waals surface area contributed by atoms with Gasteiger partial charge in [0.25, 0.3) is 0 Å². The predicted octanol–water partition coefficient (Wildman–Crippen LogP) is 2.26. The van der Waals surface area contributed by atoms with Crippen LogP contribution in [0.1, 0.15) is 30.4 Å². The first-order valence-electron chi connectivity index (χ1n) is 6.61. The Hall–Kier alpha value is -1.71. The minimum absolute atomic E-state index is 0.00929. The normalized spacial score (nSPS) is 15.7. The summed E-state index contributed by atoms with van der Waals surface area (Å²) in [6, 6.07) is 4.90. The first-order valence-corrected chi connectivity index (χ1v) is 6.61. The second-order valence-corrected chi connectivity index (χ2v) is 5.04. The Kier molecular flexibility index (Phi) is 4.30. The first kappa shape index (κ1) is 13.7. The molecule has 4 heteroatoms. The zero-order valence-corrected chi connectivity index (χ0v) is 11.1. The number of ketones is 1. The third-order valence-electron chi connectivity index (χ3n) is 3.45. The van der Waals surface area contributed by atoms with Crippen LogP contribution in [0.2, 0.25) is 0 Å². The van der Waals surface area contributed by atoms with Crippen LogP contribution in [0, 0.1) is 12.7 Å². The molecule has 0 unspecified atom stereocenters. The van der Waals surface area contributed by atoms with Crippen molar-refractivity contribution in [1.29, 1.82) is 0 Å². The van der Waals surface area contributed by atoms with E-state index in [1.54, 1.807) is 24.0 Å². The number of hydrogen-bond acceptors (Lipinski definition) is 2. The van der Waals surface area contributed by atoms with Crippen molar-refractivity contribution in [3.63, 3.8) is 0 Å². The Morgan fingerprint density at radius 1 is 1.42 bits per heavy atom. The standard InChI is InChI=1S/C15H18FNO2/c1-11-9-12(4-6-14(11)16)5-7-15(19)17-8-2-3-13(18)10-17/h4,6,9H,2-3,5,7-8,10H2,1H3. The Morgan fingerprint density at radius 3 is 2.89 bits per heavy atom. The maximum atomic E-state index is 13.1. The van der Waals surface area contributed by atoms with Crippen LogP contribution in [0.25, 0.3) is 0 Å². The fourth-order valence-corrected chi connectivity index (χ4v) is 2.32. The monoisotopic (exact) mass is 263 g/mol. The largest absolute Gasteiger partial charge is 0.335 e. The summed E-state index contributed by atoms with van der Waals surface area (Å²) < 4.78 is 13.1. The number of carbonyl (C=O) groups excluding carboxylic acids is 2.